The Bertz CT molecular complexity index is 583. The highest BCUT2D eigenvalue weighted by atomic mass is 79.9. The van der Waals surface area contributed by atoms with E-state index in [9.17, 15) is 9.18 Å². The van der Waals surface area contributed by atoms with E-state index < -0.39 is 0 Å². The summed E-state index contributed by atoms with van der Waals surface area (Å²) in [5.74, 6) is -0.733. The van der Waals surface area contributed by atoms with Crippen LogP contribution in [0.15, 0.2) is 28.1 Å². The van der Waals surface area contributed by atoms with E-state index in [-0.39, 0.29) is 18.2 Å². The molecule has 0 unspecified atom stereocenters. The van der Waals surface area contributed by atoms with E-state index in [1.54, 1.807) is 17.5 Å². The quantitative estimate of drug-likeness (QED) is 0.862. The molecule has 0 aliphatic carbocycles. The maximum atomic E-state index is 13.6. The molecule has 100 valence electrons. The van der Waals surface area contributed by atoms with Gasteiger partial charge in [-0.25, -0.2) is 9.37 Å². The van der Waals surface area contributed by atoms with E-state index in [1.165, 1.54) is 24.5 Å². The number of anilines is 2. The number of ether oxygens (including phenoxy) is 1. The lowest BCUT2D eigenvalue weighted by Gasteiger charge is -2.06. The van der Waals surface area contributed by atoms with Crippen LogP contribution in [0, 0.1) is 5.82 Å². The maximum Gasteiger partial charge on any atom is 0.311 e. The molecule has 0 spiro atoms. The average molecular weight is 345 g/mol. The van der Waals surface area contributed by atoms with E-state index in [0.717, 1.165) is 0 Å². The summed E-state index contributed by atoms with van der Waals surface area (Å²) < 4.78 is 18.8. The van der Waals surface area contributed by atoms with Crippen LogP contribution in [-0.4, -0.2) is 18.1 Å². The molecule has 0 fully saturated rings. The van der Waals surface area contributed by atoms with Crippen molar-refractivity contribution in [3.8, 4) is 0 Å². The molecule has 0 atom stereocenters. The number of methoxy groups -OCH3 is 1. The van der Waals surface area contributed by atoms with Gasteiger partial charge in [-0.3, -0.25) is 4.79 Å². The first-order valence-electron chi connectivity index (χ1n) is 5.32. The number of carbonyl (C=O) groups excluding carboxylic acids is 1. The lowest BCUT2D eigenvalue weighted by atomic mass is 10.3. The number of nitrogens with zero attached hydrogens (tertiary/aromatic N) is 1. The number of thiazole rings is 1. The average Bonchev–Trinajstić information content (AvgIpc) is 2.81. The Balaban J connectivity index is 2.14. The number of hydrogen-bond acceptors (Lipinski definition) is 5. The van der Waals surface area contributed by atoms with Gasteiger partial charge in [0.05, 0.1) is 24.9 Å². The Morgan fingerprint density at radius 1 is 1.58 bits per heavy atom. The topological polar surface area (TPSA) is 51.2 Å². The highest BCUT2D eigenvalue weighted by Crippen LogP contribution is 2.29. The second-order valence-electron chi connectivity index (χ2n) is 3.62. The second kappa shape index (κ2) is 6.12. The molecule has 7 heteroatoms. The molecule has 19 heavy (non-hydrogen) atoms. The van der Waals surface area contributed by atoms with E-state index in [1.807, 2.05) is 0 Å². The van der Waals surface area contributed by atoms with Crippen molar-refractivity contribution < 1.29 is 13.9 Å². The predicted octanol–water partition coefficient (Wildman–Crippen LogP) is 3.50. The largest absolute Gasteiger partial charge is 0.469 e. The zero-order valence-corrected chi connectivity index (χ0v) is 12.3. The minimum Gasteiger partial charge on any atom is -0.469 e. The minimum absolute atomic E-state index is 0.104. The van der Waals surface area contributed by atoms with Crippen molar-refractivity contribution >= 4 is 44.1 Å². The Kier molecular flexibility index (Phi) is 4.49. The number of benzene rings is 1. The molecule has 1 aromatic heterocycles. The van der Waals surface area contributed by atoms with Gasteiger partial charge in [0, 0.05) is 9.85 Å². The highest BCUT2D eigenvalue weighted by molar-refractivity contribution is 9.10. The fourth-order valence-corrected chi connectivity index (χ4v) is 2.55. The van der Waals surface area contributed by atoms with Gasteiger partial charge in [0.25, 0.3) is 0 Å². The lowest BCUT2D eigenvalue weighted by Crippen LogP contribution is -2.04. The van der Waals surface area contributed by atoms with Crippen LogP contribution in [-0.2, 0) is 16.0 Å². The molecule has 0 saturated carbocycles. The number of para-hydroxylation sites is 1. The van der Waals surface area contributed by atoms with Gasteiger partial charge in [0.2, 0.25) is 0 Å². The third-order valence-corrected chi connectivity index (χ3v) is 3.77. The van der Waals surface area contributed by atoms with Gasteiger partial charge >= 0.3 is 5.97 Å². The summed E-state index contributed by atoms with van der Waals surface area (Å²) in [5.41, 5.74) is 0.910. The molecule has 1 aromatic carbocycles. The van der Waals surface area contributed by atoms with E-state index in [4.69, 9.17) is 0 Å². The minimum atomic E-state index is -0.376. The van der Waals surface area contributed by atoms with Crippen LogP contribution >= 0.6 is 27.3 Å². The summed E-state index contributed by atoms with van der Waals surface area (Å²) in [6, 6.07) is 4.69. The van der Waals surface area contributed by atoms with Crippen LogP contribution in [0.3, 0.4) is 0 Å². The molecular formula is C12H10BrFN2O2S. The number of carbonyl (C=O) groups is 1. The first-order chi connectivity index (χ1) is 9.10. The molecule has 0 bridgehead atoms. The van der Waals surface area contributed by atoms with E-state index >= 15 is 0 Å². The fourth-order valence-electron chi connectivity index (χ4n) is 1.39. The summed E-state index contributed by atoms with van der Waals surface area (Å²) in [7, 11) is 1.32. The third kappa shape index (κ3) is 3.51. The van der Waals surface area contributed by atoms with Gasteiger partial charge in [0.1, 0.15) is 5.82 Å². The van der Waals surface area contributed by atoms with Gasteiger partial charge in [-0.1, -0.05) is 6.07 Å². The third-order valence-electron chi connectivity index (χ3n) is 2.30. The molecule has 4 nitrogen and oxygen atoms in total. The van der Waals surface area contributed by atoms with Gasteiger partial charge in [-0.05, 0) is 28.1 Å². The fraction of sp³-hybridized carbons (Fsp3) is 0.167. The number of esters is 1. The standard InChI is InChI=1S/C12H10BrFN2O2S/c1-18-10(17)5-7-6-19-12(15-7)16-11-8(13)3-2-4-9(11)14/h2-4,6H,5H2,1H3,(H,15,16). The Labute approximate surface area is 121 Å². The SMILES string of the molecule is COC(=O)Cc1csc(Nc2c(F)cccc2Br)n1. The van der Waals surface area contributed by atoms with Gasteiger partial charge < -0.3 is 10.1 Å². The Morgan fingerprint density at radius 3 is 3.05 bits per heavy atom. The molecule has 1 heterocycles. The van der Waals surface area contributed by atoms with Crippen molar-refractivity contribution in [2.45, 2.75) is 6.42 Å². The zero-order chi connectivity index (χ0) is 13.8. The van der Waals surface area contributed by atoms with E-state index in [0.29, 0.717) is 21.0 Å². The molecule has 2 aromatic rings. The number of halogens is 2. The smallest absolute Gasteiger partial charge is 0.311 e. The summed E-state index contributed by atoms with van der Waals surface area (Å²) >= 11 is 4.56. The van der Waals surface area contributed by atoms with Crippen molar-refractivity contribution in [3.63, 3.8) is 0 Å². The van der Waals surface area contributed by atoms with Gasteiger partial charge in [-0.15, -0.1) is 11.3 Å². The second-order valence-corrected chi connectivity index (χ2v) is 5.33. The molecule has 0 saturated heterocycles. The molecule has 0 amide bonds. The number of rotatable bonds is 4. The van der Waals surface area contributed by atoms with Crippen LogP contribution in [0.1, 0.15) is 5.69 Å². The molecule has 1 N–H and O–H groups in total. The predicted molar refractivity (Wildman–Crippen MR) is 75.2 cm³/mol. The van der Waals surface area contributed by atoms with E-state index in [2.05, 4.69) is 31.0 Å². The van der Waals surface area contributed by atoms with Crippen molar-refractivity contribution in [1.29, 1.82) is 0 Å². The lowest BCUT2D eigenvalue weighted by molar-refractivity contribution is -0.139. The van der Waals surface area contributed by atoms with Crippen LogP contribution in [0.5, 0.6) is 0 Å². The number of aromatic nitrogens is 1. The monoisotopic (exact) mass is 344 g/mol. The van der Waals surface area contributed by atoms with Gasteiger partial charge in [0.15, 0.2) is 5.13 Å². The molecule has 0 radical (unpaired) electrons. The van der Waals surface area contributed by atoms with Crippen LogP contribution < -0.4 is 5.32 Å². The molecule has 0 aliphatic rings. The Hall–Kier alpha value is -1.47. The summed E-state index contributed by atoms with van der Waals surface area (Å²) in [6.45, 7) is 0. The maximum absolute atomic E-state index is 13.6. The van der Waals surface area contributed by atoms with Crippen molar-refractivity contribution in [1.82, 2.24) is 4.98 Å². The summed E-state index contributed by atoms with van der Waals surface area (Å²) in [6.07, 6.45) is 0.104. The first-order valence-corrected chi connectivity index (χ1v) is 6.99. The number of nitrogens with one attached hydrogen (secondary N) is 1. The Morgan fingerprint density at radius 2 is 2.37 bits per heavy atom. The van der Waals surface area contributed by atoms with Crippen LogP contribution in [0.4, 0.5) is 15.2 Å². The van der Waals surface area contributed by atoms with Crippen molar-refractivity contribution in [2.24, 2.45) is 0 Å². The van der Waals surface area contributed by atoms with Crippen molar-refractivity contribution in [3.05, 3.63) is 39.6 Å². The van der Waals surface area contributed by atoms with Crippen LogP contribution in [0.25, 0.3) is 0 Å². The molecular weight excluding hydrogens is 335 g/mol. The van der Waals surface area contributed by atoms with Gasteiger partial charge in [-0.2, -0.15) is 0 Å². The number of hydrogen-bond donors (Lipinski definition) is 1. The van der Waals surface area contributed by atoms with Crippen molar-refractivity contribution in [2.75, 3.05) is 12.4 Å². The summed E-state index contributed by atoms with van der Waals surface area (Å²) in [5, 5.41) is 5.13. The molecule has 2 rings (SSSR count). The highest BCUT2D eigenvalue weighted by Gasteiger charge is 2.11. The normalized spacial score (nSPS) is 10.3. The summed E-state index contributed by atoms with van der Waals surface area (Å²) in [4.78, 5) is 15.3. The molecule has 0 aliphatic heterocycles. The first kappa shape index (κ1) is 14.0. The zero-order valence-electron chi connectivity index (χ0n) is 9.94. The van der Waals surface area contributed by atoms with Crippen LogP contribution in [0.2, 0.25) is 0 Å².